The molecule has 1 amide bonds. The second-order valence-electron chi connectivity index (χ2n) is 5.39. The number of benzene rings is 2. The van der Waals surface area contributed by atoms with Crippen molar-refractivity contribution in [3.8, 4) is 11.8 Å². The van der Waals surface area contributed by atoms with Gasteiger partial charge in [-0.3, -0.25) is 9.59 Å². The lowest BCUT2D eigenvalue weighted by Crippen LogP contribution is -2.13. The summed E-state index contributed by atoms with van der Waals surface area (Å²) >= 11 is 0. The number of ketones is 1. The molecule has 1 N–H and O–H groups in total. The summed E-state index contributed by atoms with van der Waals surface area (Å²) in [4.78, 5) is 23.2. The smallest absolute Gasteiger partial charge is 0.224 e. The highest BCUT2D eigenvalue weighted by molar-refractivity contribution is 5.94. The van der Waals surface area contributed by atoms with Crippen LogP contribution in [0, 0.1) is 17.1 Å². The molecular formula is C19H17FN2O3. The molecule has 2 aromatic rings. The zero-order valence-electron chi connectivity index (χ0n) is 13.7. The largest absolute Gasteiger partial charge is 0.494 e. The summed E-state index contributed by atoms with van der Waals surface area (Å²) in [6.45, 7) is 1.80. The van der Waals surface area contributed by atoms with Crippen molar-refractivity contribution in [3.05, 3.63) is 59.4 Å². The van der Waals surface area contributed by atoms with Gasteiger partial charge in [-0.15, -0.1) is 0 Å². The minimum atomic E-state index is -0.623. The molecule has 6 heteroatoms. The number of Topliss-reactive ketones (excluding diaryl/α,β-unsaturated/α-hetero) is 1. The molecule has 0 saturated carbocycles. The lowest BCUT2D eigenvalue weighted by molar-refractivity contribution is -0.116. The number of rotatable bonds is 7. The Hall–Kier alpha value is -3.20. The van der Waals surface area contributed by atoms with Crippen molar-refractivity contribution in [2.45, 2.75) is 19.8 Å². The van der Waals surface area contributed by atoms with E-state index in [1.54, 1.807) is 30.3 Å². The Morgan fingerprint density at radius 2 is 2.04 bits per heavy atom. The number of carbonyl (C=O) groups is 2. The topological polar surface area (TPSA) is 79.2 Å². The van der Waals surface area contributed by atoms with Crippen molar-refractivity contribution in [3.63, 3.8) is 0 Å². The van der Waals surface area contributed by atoms with Crippen molar-refractivity contribution in [2.24, 2.45) is 0 Å². The third-order valence-electron chi connectivity index (χ3n) is 3.43. The maximum atomic E-state index is 13.2. The fourth-order valence-electron chi connectivity index (χ4n) is 2.14. The van der Waals surface area contributed by atoms with Gasteiger partial charge in [-0.25, -0.2) is 4.39 Å². The van der Waals surface area contributed by atoms with Crippen LogP contribution in [0.15, 0.2) is 42.5 Å². The maximum absolute atomic E-state index is 13.2. The lowest BCUT2D eigenvalue weighted by atomic mass is 10.1. The first-order valence-corrected chi connectivity index (χ1v) is 7.73. The Morgan fingerprint density at radius 3 is 2.76 bits per heavy atom. The quantitative estimate of drug-likeness (QED) is 0.616. The van der Waals surface area contributed by atoms with Crippen LogP contribution in [0.3, 0.4) is 0 Å². The van der Waals surface area contributed by atoms with Crippen LogP contribution in [0.1, 0.15) is 35.7 Å². The molecule has 0 atom stereocenters. The molecule has 25 heavy (non-hydrogen) atoms. The zero-order valence-corrected chi connectivity index (χ0v) is 13.7. The molecule has 5 nitrogen and oxygen atoms in total. The van der Waals surface area contributed by atoms with E-state index in [0.29, 0.717) is 30.0 Å². The molecule has 0 spiro atoms. The van der Waals surface area contributed by atoms with Crippen molar-refractivity contribution in [1.29, 1.82) is 5.26 Å². The number of carbonyl (C=O) groups excluding carboxylic acids is 2. The Labute approximate surface area is 145 Å². The van der Waals surface area contributed by atoms with Gasteiger partial charge in [0.2, 0.25) is 5.91 Å². The van der Waals surface area contributed by atoms with Crippen molar-refractivity contribution in [2.75, 3.05) is 11.9 Å². The van der Waals surface area contributed by atoms with Gasteiger partial charge in [-0.2, -0.15) is 5.26 Å². The van der Waals surface area contributed by atoms with Crippen LogP contribution >= 0.6 is 0 Å². The number of halogens is 1. The molecule has 2 aromatic carbocycles. The molecule has 2 rings (SSSR count). The molecule has 0 unspecified atom stereocenters. The third-order valence-corrected chi connectivity index (χ3v) is 3.43. The fourth-order valence-corrected chi connectivity index (χ4v) is 2.14. The van der Waals surface area contributed by atoms with Crippen LogP contribution in [-0.2, 0) is 4.79 Å². The lowest BCUT2D eigenvalue weighted by Gasteiger charge is -2.08. The summed E-state index contributed by atoms with van der Waals surface area (Å²) in [5.41, 5.74) is 0.823. The van der Waals surface area contributed by atoms with Crippen molar-refractivity contribution >= 4 is 17.4 Å². The van der Waals surface area contributed by atoms with Crippen LogP contribution < -0.4 is 10.1 Å². The number of hydrogen-bond donors (Lipinski definition) is 1. The van der Waals surface area contributed by atoms with Crippen molar-refractivity contribution < 1.29 is 18.7 Å². The minimum absolute atomic E-state index is 0.0409. The van der Waals surface area contributed by atoms with Gasteiger partial charge in [0.05, 0.1) is 12.2 Å². The average Bonchev–Trinajstić information content (AvgIpc) is 2.60. The van der Waals surface area contributed by atoms with Gasteiger partial charge < -0.3 is 10.1 Å². The van der Waals surface area contributed by atoms with E-state index in [0.717, 1.165) is 6.07 Å². The number of nitriles is 1. The first-order chi connectivity index (χ1) is 12.0. The molecule has 0 aromatic heterocycles. The van der Waals surface area contributed by atoms with Crippen LogP contribution in [0.5, 0.6) is 5.75 Å². The minimum Gasteiger partial charge on any atom is -0.494 e. The van der Waals surface area contributed by atoms with E-state index in [1.807, 2.05) is 0 Å². The summed E-state index contributed by atoms with van der Waals surface area (Å²) in [6.07, 6.45) is 0.689. The highest BCUT2D eigenvalue weighted by Crippen LogP contribution is 2.16. The molecule has 0 fully saturated rings. The molecule has 0 heterocycles. The van der Waals surface area contributed by atoms with E-state index in [9.17, 15) is 14.0 Å². The molecule has 0 aliphatic heterocycles. The molecule has 0 saturated heterocycles. The standard InChI is InChI=1S/C19H17FN2O3/c1-13(23)14-4-2-5-17(11-14)25-9-3-6-19(24)22-16-7-8-18(20)15(10-16)12-21/h2,4-5,7-8,10-11H,3,6,9H2,1H3,(H,22,24). The van der Waals surface area contributed by atoms with Gasteiger partial charge in [-0.05, 0) is 43.7 Å². The number of nitrogens with one attached hydrogen (secondary N) is 1. The monoisotopic (exact) mass is 340 g/mol. The predicted molar refractivity (Wildman–Crippen MR) is 90.9 cm³/mol. The SMILES string of the molecule is CC(=O)c1cccc(OCCCC(=O)Nc2ccc(F)c(C#N)c2)c1. The second-order valence-corrected chi connectivity index (χ2v) is 5.39. The van der Waals surface area contributed by atoms with Gasteiger partial charge in [0.1, 0.15) is 17.6 Å². The maximum Gasteiger partial charge on any atom is 0.224 e. The Kier molecular flexibility index (Phi) is 6.24. The van der Waals surface area contributed by atoms with Crippen LogP contribution in [-0.4, -0.2) is 18.3 Å². The summed E-state index contributed by atoms with van der Waals surface area (Å²) in [6, 6.07) is 12.4. The second kappa shape index (κ2) is 8.60. The van der Waals surface area contributed by atoms with Gasteiger partial charge in [-0.1, -0.05) is 12.1 Å². The number of nitrogens with zero attached hydrogens (tertiary/aromatic N) is 1. The summed E-state index contributed by atoms with van der Waals surface area (Å²) in [5, 5.41) is 11.4. The Morgan fingerprint density at radius 1 is 1.24 bits per heavy atom. The number of anilines is 1. The molecule has 0 bridgehead atoms. The van der Waals surface area contributed by atoms with Crippen LogP contribution in [0.25, 0.3) is 0 Å². The normalized spacial score (nSPS) is 9.96. The highest BCUT2D eigenvalue weighted by atomic mass is 19.1. The van der Waals surface area contributed by atoms with E-state index in [-0.39, 0.29) is 23.7 Å². The molecular weight excluding hydrogens is 323 g/mol. The Balaban J connectivity index is 1.78. The van der Waals surface area contributed by atoms with Gasteiger partial charge in [0.15, 0.2) is 5.78 Å². The number of hydrogen-bond acceptors (Lipinski definition) is 4. The van der Waals surface area contributed by atoms with Gasteiger partial charge in [0, 0.05) is 17.7 Å². The third kappa shape index (κ3) is 5.43. The van der Waals surface area contributed by atoms with Crippen LogP contribution in [0.2, 0.25) is 0 Å². The molecule has 128 valence electrons. The fraction of sp³-hybridized carbons (Fsp3) is 0.211. The zero-order chi connectivity index (χ0) is 18.2. The van der Waals surface area contributed by atoms with E-state index < -0.39 is 5.82 Å². The summed E-state index contributed by atoms with van der Waals surface area (Å²) < 4.78 is 18.7. The van der Waals surface area contributed by atoms with Gasteiger partial charge >= 0.3 is 0 Å². The van der Waals surface area contributed by atoms with E-state index >= 15 is 0 Å². The first kappa shape index (κ1) is 18.1. The highest BCUT2D eigenvalue weighted by Gasteiger charge is 2.07. The number of amides is 1. The first-order valence-electron chi connectivity index (χ1n) is 7.73. The van der Waals surface area contributed by atoms with E-state index in [1.165, 1.54) is 19.1 Å². The predicted octanol–water partition coefficient (Wildman–Crippen LogP) is 3.70. The summed E-state index contributed by atoms with van der Waals surface area (Å²) in [5.74, 6) is -0.343. The molecule has 0 radical (unpaired) electrons. The average molecular weight is 340 g/mol. The molecule has 0 aliphatic carbocycles. The van der Waals surface area contributed by atoms with Crippen molar-refractivity contribution in [1.82, 2.24) is 0 Å². The van der Waals surface area contributed by atoms with Gasteiger partial charge in [0.25, 0.3) is 0 Å². The van der Waals surface area contributed by atoms with Crippen LogP contribution in [0.4, 0.5) is 10.1 Å². The molecule has 0 aliphatic rings. The Bertz CT molecular complexity index is 828. The number of ether oxygens (including phenoxy) is 1. The summed E-state index contributed by atoms with van der Waals surface area (Å²) in [7, 11) is 0. The van der Waals surface area contributed by atoms with E-state index in [2.05, 4.69) is 5.32 Å². The van der Waals surface area contributed by atoms with E-state index in [4.69, 9.17) is 10.00 Å².